The van der Waals surface area contributed by atoms with Crippen molar-refractivity contribution in [2.75, 3.05) is 0 Å². The van der Waals surface area contributed by atoms with Crippen LogP contribution < -0.4 is 0 Å². The van der Waals surface area contributed by atoms with E-state index in [2.05, 4.69) is 34.6 Å². The van der Waals surface area contributed by atoms with Crippen LogP contribution in [-0.4, -0.2) is 11.8 Å². The Morgan fingerprint density at radius 2 is 2.07 bits per heavy atom. The van der Waals surface area contributed by atoms with Gasteiger partial charge in [0.05, 0.1) is 0 Å². The Bertz CT molecular complexity index is 211. The van der Waals surface area contributed by atoms with E-state index in [4.69, 9.17) is 4.99 Å². The largest absolute Gasteiger partial charge is 0.291 e. The summed E-state index contributed by atoms with van der Waals surface area (Å²) in [7, 11) is 0. The van der Waals surface area contributed by atoms with E-state index in [0.717, 1.165) is 5.92 Å². The van der Waals surface area contributed by atoms with Crippen LogP contribution in [0.15, 0.2) is 4.99 Å². The molecule has 0 spiro atoms. The minimum Gasteiger partial charge on any atom is -0.291 e. The van der Waals surface area contributed by atoms with Gasteiger partial charge < -0.3 is 0 Å². The molecule has 0 aromatic heterocycles. The van der Waals surface area contributed by atoms with E-state index in [-0.39, 0.29) is 0 Å². The highest BCUT2D eigenvalue weighted by Gasteiger charge is 2.38. The molecule has 0 N–H and O–H groups in total. The lowest BCUT2D eigenvalue weighted by Gasteiger charge is -2.45. The molecule has 1 rings (SSSR count). The summed E-state index contributed by atoms with van der Waals surface area (Å²) in [6.45, 7) is 11.3. The van der Waals surface area contributed by atoms with Gasteiger partial charge in [0.15, 0.2) is 0 Å². The molecule has 1 fully saturated rings. The topological polar surface area (TPSA) is 12.4 Å². The van der Waals surface area contributed by atoms with Gasteiger partial charge in [0.1, 0.15) is 0 Å². The van der Waals surface area contributed by atoms with Crippen molar-refractivity contribution >= 4 is 5.71 Å². The number of hydrogen-bond acceptors (Lipinski definition) is 1. The van der Waals surface area contributed by atoms with Gasteiger partial charge >= 0.3 is 0 Å². The van der Waals surface area contributed by atoms with E-state index >= 15 is 0 Å². The zero-order valence-corrected chi connectivity index (χ0v) is 10.4. The van der Waals surface area contributed by atoms with Crippen molar-refractivity contribution in [2.45, 2.75) is 66.3 Å². The van der Waals surface area contributed by atoms with E-state index in [0.29, 0.717) is 11.5 Å². The summed E-state index contributed by atoms with van der Waals surface area (Å²) in [5, 5.41) is 0. The zero-order valence-electron chi connectivity index (χ0n) is 10.4. The lowest BCUT2D eigenvalue weighted by atomic mass is 9.60. The van der Waals surface area contributed by atoms with Crippen LogP contribution in [0.25, 0.3) is 0 Å². The Labute approximate surface area is 89.0 Å². The molecule has 82 valence electrons. The molecular formula is C13H25N. The van der Waals surface area contributed by atoms with Gasteiger partial charge in [0.25, 0.3) is 0 Å². The molecule has 0 aromatic carbocycles. The first-order valence-corrected chi connectivity index (χ1v) is 5.96. The third-order valence-corrected chi connectivity index (χ3v) is 3.71. The maximum atomic E-state index is 4.70. The van der Waals surface area contributed by atoms with Gasteiger partial charge in [-0.25, -0.2) is 0 Å². The van der Waals surface area contributed by atoms with Crippen molar-refractivity contribution in [3.8, 4) is 0 Å². The van der Waals surface area contributed by atoms with Crippen LogP contribution in [0, 0.1) is 11.3 Å². The molecule has 2 atom stereocenters. The first-order valence-electron chi connectivity index (χ1n) is 5.96. The van der Waals surface area contributed by atoms with Crippen LogP contribution in [0.4, 0.5) is 0 Å². The van der Waals surface area contributed by atoms with Crippen molar-refractivity contribution in [1.29, 1.82) is 0 Å². The van der Waals surface area contributed by atoms with E-state index in [1.807, 2.05) is 0 Å². The van der Waals surface area contributed by atoms with Gasteiger partial charge in [-0.05, 0) is 50.9 Å². The Morgan fingerprint density at radius 1 is 1.43 bits per heavy atom. The second-order valence-electron chi connectivity index (χ2n) is 5.60. The van der Waals surface area contributed by atoms with E-state index in [1.165, 1.54) is 31.4 Å². The van der Waals surface area contributed by atoms with Gasteiger partial charge in [-0.1, -0.05) is 20.8 Å². The average Bonchev–Trinajstić information content (AvgIpc) is 2.09. The minimum atomic E-state index is 0.574. The third kappa shape index (κ3) is 2.83. The summed E-state index contributed by atoms with van der Waals surface area (Å²) in [4.78, 5) is 4.70. The van der Waals surface area contributed by atoms with Gasteiger partial charge in [-0.15, -0.1) is 0 Å². The highest BCUT2D eigenvalue weighted by atomic mass is 14.8. The average molecular weight is 195 g/mol. The van der Waals surface area contributed by atoms with Crippen molar-refractivity contribution in [3.63, 3.8) is 0 Å². The molecule has 1 aliphatic carbocycles. The third-order valence-electron chi connectivity index (χ3n) is 3.71. The van der Waals surface area contributed by atoms with Gasteiger partial charge in [0.2, 0.25) is 0 Å². The quantitative estimate of drug-likeness (QED) is 0.600. The van der Waals surface area contributed by atoms with Crippen LogP contribution in [0.5, 0.6) is 0 Å². The normalized spacial score (nSPS) is 26.5. The first kappa shape index (κ1) is 11.7. The van der Waals surface area contributed by atoms with E-state index in [1.54, 1.807) is 0 Å². The highest BCUT2D eigenvalue weighted by molar-refractivity contribution is 5.79. The van der Waals surface area contributed by atoms with Crippen molar-refractivity contribution < 1.29 is 0 Å². The number of hydrogen-bond donors (Lipinski definition) is 0. The lowest BCUT2D eigenvalue weighted by molar-refractivity contribution is 0.0585. The molecular weight excluding hydrogens is 170 g/mol. The second kappa shape index (κ2) is 4.46. The fourth-order valence-electron chi connectivity index (χ4n) is 2.37. The molecule has 1 saturated carbocycles. The first-order chi connectivity index (χ1) is 6.45. The van der Waals surface area contributed by atoms with Gasteiger partial charge in [-0.3, -0.25) is 4.99 Å². The molecule has 0 aliphatic heterocycles. The van der Waals surface area contributed by atoms with Crippen LogP contribution in [-0.2, 0) is 0 Å². The summed E-state index contributed by atoms with van der Waals surface area (Å²) in [5.74, 6) is 0.913. The molecule has 1 nitrogen and oxygen atoms in total. The Kier molecular flexibility index (Phi) is 3.74. The molecule has 0 amide bonds. The van der Waals surface area contributed by atoms with Crippen molar-refractivity contribution in [2.24, 2.45) is 16.3 Å². The maximum Gasteiger partial charge on any atom is 0.0499 e. The summed E-state index contributed by atoms with van der Waals surface area (Å²) >= 11 is 0. The Balaban J connectivity index is 2.45. The molecule has 0 aromatic rings. The van der Waals surface area contributed by atoms with E-state index < -0.39 is 0 Å². The standard InChI is InChI=1S/C13H25N/c1-6-12(14-10(2)3)9-11-7-8-13(11,4)5/h11-12H,6-9H2,1-5H3/t11-,12+/m0/s1. The van der Waals surface area contributed by atoms with Crippen LogP contribution >= 0.6 is 0 Å². The highest BCUT2D eigenvalue weighted by Crippen LogP contribution is 2.48. The molecule has 14 heavy (non-hydrogen) atoms. The van der Waals surface area contributed by atoms with Crippen LogP contribution in [0.3, 0.4) is 0 Å². The Morgan fingerprint density at radius 3 is 2.36 bits per heavy atom. The lowest BCUT2D eigenvalue weighted by Crippen LogP contribution is -2.36. The van der Waals surface area contributed by atoms with Gasteiger partial charge in [0, 0.05) is 11.8 Å². The predicted molar refractivity (Wildman–Crippen MR) is 64.0 cm³/mol. The Hall–Kier alpha value is -0.330. The molecule has 1 heteroatoms. The summed E-state index contributed by atoms with van der Waals surface area (Å²) in [5.41, 5.74) is 1.82. The molecule has 0 radical (unpaired) electrons. The fourth-order valence-corrected chi connectivity index (χ4v) is 2.37. The monoisotopic (exact) mass is 195 g/mol. The van der Waals surface area contributed by atoms with Gasteiger partial charge in [-0.2, -0.15) is 0 Å². The summed E-state index contributed by atoms with van der Waals surface area (Å²) in [6.07, 6.45) is 5.32. The molecule has 0 bridgehead atoms. The predicted octanol–water partition coefficient (Wildman–Crippen LogP) is 4.07. The number of aliphatic imine (C=N–C) groups is 1. The van der Waals surface area contributed by atoms with E-state index in [9.17, 15) is 0 Å². The minimum absolute atomic E-state index is 0.574. The maximum absolute atomic E-state index is 4.70. The molecule has 1 aliphatic rings. The molecule has 0 heterocycles. The summed E-state index contributed by atoms with van der Waals surface area (Å²) < 4.78 is 0. The van der Waals surface area contributed by atoms with Crippen molar-refractivity contribution in [1.82, 2.24) is 0 Å². The fraction of sp³-hybridized carbons (Fsp3) is 0.923. The summed E-state index contributed by atoms with van der Waals surface area (Å²) in [6, 6.07) is 0.574. The SMILES string of the molecule is CC[C@H](C[C@@H]1CCC1(C)C)N=C(C)C. The smallest absolute Gasteiger partial charge is 0.0499 e. The molecule has 0 unspecified atom stereocenters. The van der Waals surface area contributed by atoms with Crippen LogP contribution in [0.1, 0.15) is 60.3 Å². The number of nitrogens with zero attached hydrogens (tertiary/aromatic N) is 1. The van der Waals surface area contributed by atoms with Crippen molar-refractivity contribution in [3.05, 3.63) is 0 Å². The number of rotatable bonds is 4. The second-order valence-corrected chi connectivity index (χ2v) is 5.60. The zero-order chi connectivity index (χ0) is 10.8. The molecule has 0 saturated heterocycles. The van der Waals surface area contributed by atoms with Crippen LogP contribution in [0.2, 0.25) is 0 Å².